The summed E-state index contributed by atoms with van der Waals surface area (Å²) in [6.45, 7) is 1.83. The molecule has 2 aromatic rings. The van der Waals surface area contributed by atoms with Gasteiger partial charge in [-0.25, -0.2) is 9.97 Å². The average molecular weight is 234 g/mol. The van der Waals surface area contributed by atoms with E-state index in [1.165, 1.54) is 4.80 Å². The summed E-state index contributed by atoms with van der Waals surface area (Å²) in [7, 11) is 1.72. The van der Waals surface area contributed by atoms with Crippen LogP contribution in [0.2, 0.25) is 0 Å². The lowest BCUT2D eigenvalue weighted by Crippen LogP contribution is -2.30. The minimum Gasteiger partial charge on any atom is -0.271 e. The predicted octanol–water partition coefficient (Wildman–Crippen LogP) is -0.944. The Morgan fingerprint density at radius 3 is 2.94 bits per heavy atom. The van der Waals surface area contributed by atoms with E-state index in [1.807, 2.05) is 13.0 Å². The van der Waals surface area contributed by atoms with Crippen molar-refractivity contribution >= 4 is 0 Å². The van der Waals surface area contributed by atoms with Crippen molar-refractivity contribution < 1.29 is 0 Å². The number of aromatic nitrogens is 6. The van der Waals surface area contributed by atoms with Gasteiger partial charge in [0.15, 0.2) is 5.82 Å². The number of aryl methyl sites for hydroxylation is 2. The fourth-order valence-corrected chi connectivity index (χ4v) is 1.51. The molecular formula is C9H14N8. The minimum absolute atomic E-state index is 0.152. The molecular weight excluding hydrogens is 220 g/mol. The van der Waals surface area contributed by atoms with E-state index in [1.54, 1.807) is 13.2 Å². The number of nitrogens with one attached hydrogen (secondary N) is 1. The minimum atomic E-state index is -0.152. The van der Waals surface area contributed by atoms with Gasteiger partial charge in [-0.05, 0) is 18.2 Å². The lowest BCUT2D eigenvalue weighted by atomic mass is 10.1. The first-order chi connectivity index (χ1) is 8.19. The molecule has 0 aromatic carbocycles. The van der Waals surface area contributed by atoms with E-state index < -0.39 is 0 Å². The summed E-state index contributed by atoms with van der Waals surface area (Å²) < 4.78 is 0. The zero-order valence-corrected chi connectivity index (χ0v) is 9.70. The van der Waals surface area contributed by atoms with E-state index in [9.17, 15) is 0 Å². The van der Waals surface area contributed by atoms with Gasteiger partial charge in [-0.2, -0.15) is 4.80 Å². The van der Waals surface area contributed by atoms with E-state index in [0.29, 0.717) is 18.1 Å². The first-order valence-electron chi connectivity index (χ1n) is 5.17. The molecule has 0 fully saturated rings. The molecule has 2 aromatic heterocycles. The van der Waals surface area contributed by atoms with Crippen LogP contribution in [0.4, 0.5) is 0 Å². The van der Waals surface area contributed by atoms with Gasteiger partial charge in [-0.15, -0.1) is 10.2 Å². The Balaban J connectivity index is 2.16. The highest BCUT2D eigenvalue weighted by atomic mass is 15.6. The van der Waals surface area contributed by atoms with Crippen LogP contribution >= 0.6 is 0 Å². The van der Waals surface area contributed by atoms with Crippen LogP contribution in [-0.4, -0.2) is 30.2 Å². The Kier molecular flexibility index (Phi) is 3.35. The average Bonchev–Trinajstić information content (AvgIpc) is 2.72. The molecule has 0 aliphatic rings. The summed E-state index contributed by atoms with van der Waals surface area (Å²) in [6.07, 6.45) is 2.23. The maximum Gasteiger partial charge on any atom is 0.176 e. The zero-order chi connectivity index (χ0) is 12.3. The van der Waals surface area contributed by atoms with Gasteiger partial charge < -0.3 is 0 Å². The van der Waals surface area contributed by atoms with Crippen molar-refractivity contribution in [2.45, 2.75) is 19.4 Å². The smallest absolute Gasteiger partial charge is 0.176 e. The third kappa shape index (κ3) is 2.80. The van der Waals surface area contributed by atoms with E-state index in [4.69, 9.17) is 5.84 Å². The number of nitrogens with zero attached hydrogens (tertiary/aromatic N) is 6. The zero-order valence-electron chi connectivity index (χ0n) is 9.70. The molecule has 8 heteroatoms. The lowest BCUT2D eigenvalue weighted by molar-refractivity contribution is 0.521. The number of hydrogen-bond acceptors (Lipinski definition) is 7. The number of rotatable bonds is 4. The highest BCUT2D eigenvalue weighted by molar-refractivity contribution is 5.08. The van der Waals surface area contributed by atoms with Gasteiger partial charge in [0.05, 0.1) is 18.8 Å². The second-order valence-corrected chi connectivity index (χ2v) is 3.65. The largest absolute Gasteiger partial charge is 0.271 e. The Labute approximate surface area is 98.2 Å². The first-order valence-corrected chi connectivity index (χ1v) is 5.17. The van der Waals surface area contributed by atoms with Gasteiger partial charge in [-0.3, -0.25) is 11.3 Å². The van der Waals surface area contributed by atoms with Crippen molar-refractivity contribution in [1.29, 1.82) is 0 Å². The van der Waals surface area contributed by atoms with Crippen LogP contribution in [0, 0.1) is 6.92 Å². The molecule has 0 radical (unpaired) electrons. The van der Waals surface area contributed by atoms with Crippen LogP contribution in [0.3, 0.4) is 0 Å². The molecule has 0 aliphatic heterocycles. The number of nitrogens with two attached hydrogens (primary N) is 1. The molecule has 90 valence electrons. The highest BCUT2D eigenvalue weighted by Gasteiger charge is 2.15. The number of hydrazine groups is 1. The Bertz CT molecular complexity index is 493. The van der Waals surface area contributed by atoms with Crippen molar-refractivity contribution in [3.8, 4) is 0 Å². The summed E-state index contributed by atoms with van der Waals surface area (Å²) in [6, 6.07) is 1.66. The number of hydrogen-bond donors (Lipinski definition) is 2. The van der Waals surface area contributed by atoms with Crippen LogP contribution < -0.4 is 11.3 Å². The fraction of sp³-hybridized carbons (Fsp3) is 0.444. The normalized spacial score (nSPS) is 12.6. The molecule has 0 saturated carbocycles. The Hall–Kier alpha value is -1.93. The first kappa shape index (κ1) is 11.6. The van der Waals surface area contributed by atoms with Gasteiger partial charge in [0.2, 0.25) is 0 Å². The van der Waals surface area contributed by atoms with E-state index in [-0.39, 0.29) is 6.04 Å². The molecule has 0 amide bonds. The monoisotopic (exact) mass is 234 g/mol. The molecule has 0 aliphatic carbocycles. The molecule has 2 heterocycles. The summed E-state index contributed by atoms with van der Waals surface area (Å²) >= 11 is 0. The maximum atomic E-state index is 5.52. The molecule has 0 saturated heterocycles. The molecule has 1 unspecified atom stereocenters. The van der Waals surface area contributed by atoms with E-state index in [0.717, 1.165) is 5.69 Å². The highest BCUT2D eigenvalue weighted by Crippen LogP contribution is 2.12. The van der Waals surface area contributed by atoms with Crippen LogP contribution in [0.5, 0.6) is 0 Å². The molecule has 0 bridgehead atoms. The van der Waals surface area contributed by atoms with Crippen LogP contribution in [0.15, 0.2) is 12.3 Å². The molecule has 8 nitrogen and oxygen atoms in total. The van der Waals surface area contributed by atoms with Crippen molar-refractivity contribution in [3.63, 3.8) is 0 Å². The third-order valence-corrected chi connectivity index (χ3v) is 2.29. The number of tetrazole rings is 1. The van der Waals surface area contributed by atoms with Gasteiger partial charge in [0.1, 0.15) is 5.82 Å². The standard InChI is InChI=1S/C9H14N8/c1-6-11-4-3-7(12-6)8(13-10)5-9-14-16-17(2)15-9/h3-4,8,13H,5,10H2,1-2H3. The second kappa shape index (κ2) is 4.93. The quantitative estimate of drug-likeness (QED) is 0.519. The van der Waals surface area contributed by atoms with Crippen molar-refractivity contribution in [2.75, 3.05) is 0 Å². The second-order valence-electron chi connectivity index (χ2n) is 3.65. The molecule has 1 atom stereocenters. The van der Waals surface area contributed by atoms with Crippen LogP contribution in [-0.2, 0) is 13.5 Å². The topological polar surface area (TPSA) is 107 Å². The van der Waals surface area contributed by atoms with Crippen LogP contribution in [0.1, 0.15) is 23.4 Å². The summed E-state index contributed by atoms with van der Waals surface area (Å²) in [5.41, 5.74) is 3.51. The summed E-state index contributed by atoms with van der Waals surface area (Å²) in [5, 5.41) is 11.8. The van der Waals surface area contributed by atoms with Crippen molar-refractivity contribution in [3.05, 3.63) is 29.6 Å². The SMILES string of the molecule is Cc1nccc(C(Cc2nnn(C)n2)NN)n1. The molecule has 2 rings (SSSR count). The molecule has 17 heavy (non-hydrogen) atoms. The van der Waals surface area contributed by atoms with Gasteiger partial charge in [-0.1, -0.05) is 0 Å². The predicted molar refractivity (Wildman–Crippen MR) is 59.3 cm³/mol. The summed E-state index contributed by atoms with van der Waals surface area (Å²) in [5.74, 6) is 6.84. The maximum absolute atomic E-state index is 5.52. The summed E-state index contributed by atoms with van der Waals surface area (Å²) in [4.78, 5) is 9.76. The fourth-order valence-electron chi connectivity index (χ4n) is 1.51. The molecule has 3 N–H and O–H groups in total. The van der Waals surface area contributed by atoms with Crippen molar-refractivity contribution in [1.82, 2.24) is 35.6 Å². The van der Waals surface area contributed by atoms with E-state index in [2.05, 4.69) is 30.8 Å². The van der Waals surface area contributed by atoms with E-state index >= 15 is 0 Å². The molecule has 0 spiro atoms. The van der Waals surface area contributed by atoms with Gasteiger partial charge in [0.25, 0.3) is 0 Å². The lowest BCUT2D eigenvalue weighted by Gasteiger charge is -2.13. The third-order valence-electron chi connectivity index (χ3n) is 2.29. The Morgan fingerprint density at radius 2 is 2.35 bits per heavy atom. The van der Waals surface area contributed by atoms with Gasteiger partial charge in [0, 0.05) is 12.6 Å². The van der Waals surface area contributed by atoms with Crippen LogP contribution in [0.25, 0.3) is 0 Å². The van der Waals surface area contributed by atoms with Gasteiger partial charge >= 0.3 is 0 Å². The van der Waals surface area contributed by atoms with Crippen molar-refractivity contribution in [2.24, 2.45) is 12.9 Å². The Morgan fingerprint density at radius 1 is 1.53 bits per heavy atom.